The number of hydrogen-bond acceptors (Lipinski definition) is 2. The molecule has 0 bridgehead atoms. The molecule has 0 aliphatic carbocycles. The Balaban J connectivity index is 2.99. The zero-order chi connectivity index (χ0) is 16.7. The summed E-state index contributed by atoms with van der Waals surface area (Å²) in [5.41, 5.74) is 0.655. The first kappa shape index (κ1) is 18.8. The number of halogens is 2. The molecule has 1 aromatic rings. The maximum absolute atomic E-state index is 12.2. The number of rotatable bonds is 7. The Hall–Kier alpha value is -1.26. The third kappa shape index (κ3) is 4.89. The van der Waals surface area contributed by atoms with Gasteiger partial charge in [0.05, 0.1) is 0 Å². The smallest absolute Gasteiger partial charge is 0.242 e. The Morgan fingerprint density at radius 3 is 2.32 bits per heavy atom. The van der Waals surface area contributed by atoms with Crippen LogP contribution in [0.4, 0.5) is 0 Å². The van der Waals surface area contributed by atoms with Gasteiger partial charge in [0.15, 0.2) is 0 Å². The standard InChI is InChI=1S/C16H22Cl2N2O2/c1-4-9-19-16(22)11(3)20(15(21)5-2)10-12-13(17)7-6-8-14(12)18/h6-8,11H,4-5,9-10H2,1-3H3,(H,19,22)/t11-/m0/s1. The van der Waals surface area contributed by atoms with Gasteiger partial charge in [-0.1, -0.05) is 43.1 Å². The lowest BCUT2D eigenvalue weighted by Gasteiger charge is -2.29. The molecule has 4 nitrogen and oxygen atoms in total. The fraction of sp³-hybridized carbons (Fsp3) is 0.500. The third-order valence-corrected chi connectivity index (χ3v) is 4.12. The number of hydrogen-bond donors (Lipinski definition) is 1. The van der Waals surface area contributed by atoms with Crippen LogP contribution in [0.1, 0.15) is 39.2 Å². The molecule has 0 aliphatic heterocycles. The van der Waals surface area contributed by atoms with Crippen LogP contribution in [0, 0.1) is 0 Å². The number of nitrogens with zero attached hydrogens (tertiary/aromatic N) is 1. The second-order valence-electron chi connectivity index (χ2n) is 5.04. The highest BCUT2D eigenvalue weighted by atomic mass is 35.5. The topological polar surface area (TPSA) is 49.4 Å². The third-order valence-electron chi connectivity index (χ3n) is 3.41. The van der Waals surface area contributed by atoms with Crippen LogP contribution in [0.15, 0.2) is 18.2 Å². The van der Waals surface area contributed by atoms with Crippen molar-refractivity contribution in [2.75, 3.05) is 6.54 Å². The molecule has 0 saturated heterocycles. The largest absolute Gasteiger partial charge is 0.354 e. The van der Waals surface area contributed by atoms with Gasteiger partial charge in [0.25, 0.3) is 0 Å². The van der Waals surface area contributed by atoms with Gasteiger partial charge in [-0.05, 0) is 25.5 Å². The molecule has 1 atom stereocenters. The van der Waals surface area contributed by atoms with Crippen LogP contribution >= 0.6 is 23.2 Å². The van der Waals surface area contributed by atoms with E-state index in [1.165, 1.54) is 4.90 Å². The van der Waals surface area contributed by atoms with Crippen LogP contribution in [0.3, 0.4) is 0 Å². The predicted molar refractivity (Wildman–Crippen MR) is 90.1 cm³/mol. The minimum Gasteiger partial charge on any atom is -0.354 e. The molecule has 0 saturated carbocycles. The van der Waals surface area contributed by atoms with E-state index in [0.717, 1.165) is 6.42 Å². The molecule has 0 radical (unpaired) electrons. The first-order chi connectivity index (χ1) is 10.4. The van der Waals surface area contributed by atoms with Crippen molar-refractivity contribution in [3.63, 3.8) is 0 Å². The number of carbonyl (C=O) groups is 2. The summed E-state index contributed by atoms with van der Waals surface area (Å²) in [6.45, 7) is 6.25. The van der Waals surface area contributed by atoms with E-state index in [-0.39, 0.29) is 18.4 Å². The van der Waals surface area contributed by atoms with Crippen LogP contribution < -0.4 is 5.32 Å². The Kier molecular flexibility index (Phi) is 7.69. The number of amides is 2. The van der Waals surface area contributed by atoms with Gasteiger partial charge in [0.2, 0.25) is 11.8 Å². The zero-order valence-corrected chi connectivity index (χ0v) is 14.7. The summed E-state index contributed by atoms with van der Waals surface area (Å²) in [5.74, 6) is -0.290. The maximum atomic E-state index is 12.2. The summed E-state index contributed by atoms with van der Waals surface area (Å²) in [6, 6.07) is 4.61. The molecular weight excluding hydrogens is 323 g/mol. The van der Waals surface area contributed by atoms with Gasteiger partial charge in [-0.3, -0.25) is 9.59 Å². The van der Waals surface area contributed by atoms with Crippen molar-refractivity contribution in [3.8, 4) is 0 Å². The average Bonchev–Trinajstić information content (AvgIpc) is 2.51. The van der Waals surface area contributed by atoms with Crippen molar-refractivity contribution in [1.82, 2.24) is 10.2 Å². The second-order valence-corrected chi connectivity index (χ2v) is 5.86. The van der Waals surface area contributed by atoms with Crippen LogP contribution in [-0.4, -0.2) is 29.3 Å². The normalized spacial score (nSPS) is 11.9. The van der Waals surface area contributed by atoms with Crippen LogP contribution in [-0.2, 0) is 16.1 Å². The molecule has 0 fully saturated rings. The van der Waals surface area contributed by atoms with E-state index < -0.39 is 6.04 Å². The lowest BCUT2D eigenvalue weighted by Crippen LogP contribution is -2.47. The maximum Gasteiger partial charge on any atom is 0.242 e. The summed E-state index contributed by atoms with van der Waals surface area (Å²) < 4.78 is 0. The predicted octanol–water partition coefficient (Wildman–Crippen LogP) is 3.65. The number of carbonyl (C=O) groups excluding carboxylic acids is 2. The van der Waals surface area contributed by atoms with E-state index in [9.17, 15) is 9.59 Å². The summed E-state index contributed by atoms with van der Waals surface area (Å²) in [7, 11) is 0. The Morgan fingerprint density at radius 1 is 1.23 bits per heavy atom. The monoisotopic (exact) mass is 344 g/mol. The minimum atomic E-state index is -0.577. The molecule has 0 aliphatic rings. The van der Waals surface area contributed by atoms with E-state index >= 15 is 0 Å². The number of nitrogens with one attached hydrogen (secondary N) is 1. The van der Waals surface area contributed by atoms with Gasteiger partial charge >= 0.3 is 0 Å². The fourth-order valence-corrected chi connectivity index (χ4v) is 2.55. The molecular formula is C16H22Cl2N2O2. The molecule has 22 heavy (non-hydrogen) atoms. The van der Waals surface area contributed by atoms with Crippen molar-refractivity contribution in [2.45, 2.75) is 46.2 Å². The zero-order valence-electron chi connectivity index (χ0n) is 13.2. The highest BCUT2D eigenvalue weighted by Crippen LogP contribution is 2.26. The second kappa shape index (κ2) is 9.01. The van der Waals surface area contributed by atoms with Crippen LogP contribution in [0.2, 0.25) is 10.0 Å². The van der Waals surface area contributed by atoms with E-state index in [1.54, 1.807) is 32.0 Å². The van der Waals surface area contributed by atoms with Gasteiger partial charge < -0.3 is 10.2 Å². The van der Waals surface area contributed by atoms with Crippen molar-refractivity contribution in [3.05, 3.63) is 33.8 Å². The lowest BCUT2D eigenvalue weighted by atomic mass is 10.1. The van der Waals surface area contributed by atoms with Gasteiger partial charge in [-0.15, -0.1) is 0 Å². The molecule has 0 aromatic heterocycles. The molecule has 2 amide bonds. The molecule has 122 valence electrons. The van der Waals surface area contributed by atoms with E-state index in [2.05, 4.69) is 5.32 Å². The van der Waals surface area contributed by atoms with E-state index in [1.807, 2.05) is 6.92 Å². The van der Waals surface area contributed by atoms with Gasteiger partial charge in [0, 0.05) is 35.1 Å². The Labute approximate surface area is 141 Å². The van der Waals surface area contributed by atoms with Gasteiger partial charge in [-0.25, -0.2) is 0 Å². The summed E-state index contributed by atoms with van der Waals surface area (Å²) in [4.78, 5) is 25.9. The fourth-order valence-electron chi connectivity index (χ4n) is 2.04. The average molecular weight is 345 g/mol. The molecule has 1 rings (SSSR count). The van der Waals surface area contributed by atoms with Gasteiger partial charge in [0.1, 0.15) is 6.04 Å². The highest BCUT2D eigenvalue weighted by Gasteiger charge is 2.26. The van der Waals surface area contributed by atoms with E-state index in [0.29, 0.717) is 28.6 Å². The van der Waals surface area contributed by atoms with Crippen LogP contribution in [0.25, 0.3) is 0 Å². The Morgan fingerprint density at radius 2 is 1.82 bits per heavy atom. The Bertz CT molecular complexity index is 515. The lowest BCUT2D eigenvalue weighted by molar-refractivity contribution is -0.140. The highest BCUT2D eigenvalue weighted by molar-refractivity contribution is 6.36. The molecule has 0 heterocycles. The minimum absolute atomic E-state index is 0.116. The van der Waals surface area contributed by atoms with Crippen molar-refractivity contribution >= 4 is 35.0 Å². The van der Waals surface area contributed by atoms with Gasteiger partial charge in [-0.2, -0.15) is 0 Å². The summed E-state index contributed by atoms with van der Waals surface area (Å²) in [5, 5.41) is 3.78. The molecule has 1 aromatic carbocycles. The molecule has 6 heteroatoms. The van der Waals surface area contributed by atoms with Crippen molar-refractivity contribution in [1.29, 1.82) is 0 Å². The summed E-state index contributed by atoms with van der Waals surface area (Å²) in [6.07, 6.45) is 1.16. The first-order valence-corrected chi connectivity index (χ1v) is 8.18. The van der Waals surface area contributed by atoms with Crippen molar-refractivity contribution < 1.29 is 9.59 Å². The molecule has 0 spiro atoms. The quantitative estimate of drug-likeness (QED) is 0.820. The SMILES string of the molecule is CCCNC(=O)[C@H](C)N(Cc1c(Cl)cccc1Cl)C(=O)CC. The number of benzene rings is 1. The van der Waals surface area contributed by atoms with E-state index in [4.69, 9.17) is 23.2 Å². The van der Waals surface area contributed by atoms with Crippen molar-refractivity contribution in [2.24, 2.45) is 0 Å². The molecule has 1 N–H and O–H groups in total. The molecule has 0 unspecified atom stereocenters. The summed E-state index contributed by atoms with van der Waals surface area (Å²) >= 11 is 12.3. The van der Waals surface area contributed by atoms with Crippen LogP contribution in [0.5, 0.6) is 0 Å². The first-order valence-electron chi connectivity index (χ1n) is 7.42.